The first-order valence-electron chi connectivity index (χ1n) is 8.49. The number of nitrogens with one attached hydrogen (secondary N) is 2. The Balaban J connectivity index is 1.61. The average molecular weight is 457 g/mol. The fraction of sp³-hybridized carbons (Fsp3) is 0.105. The fourth-order valence-corrected chi connectivity index (χ4v) is 2.83. The van der Waals surface area contributed by atoms with E-state index in [4.69, 9.17) is 0 Å². The number of amides is 2. The highest BCUT2D eigenvalue weighted by Crippen LogP contribution is 2.21. The molecule has 0 aliphatic carbocycles. The van der Waals surface area contributed by atoms with Crippen molar-refractivity contribution in [3.05, 3.63) is 58.7 Å². The van der Waals surface area contributed by atoms with Gasteiger partial charge in [0.25, 0.3) is 5.91 Å². The van der Waals surface area contributed by atoms with Crippen molar-refractivity contribution in [1.29, 1.82) is 0 Å². The molecule has 2 amide bonds. The lowest BCUT2D eigenvalue weighted by atomic mass is 10.1. The molecule has 3 rings (SSSR count). The largest absolute Gasteiger partial charge is 0.507 e. The van der Waals surface area contributed by atoms with Gasteiger partial charge in [0.15, 0.2) is 0 Å². The smallest absolute Gasteiger partial charge is 0.261 e. The van der Waals surface area contributed by atoms with E-state index in [1.807, 2.05) is 6.07 Å². The van der Waals surface area contributed by atoms with E-state index in [0.29, 0.717) is 16.9 Å². The molecule has 9 nitrogen and oxygen atoms in total. The van der Waals surface area contributed by atoms with Gasteiger partial charge in [-0.3, -0.25) is 9.59 Å². The van der Waals surface area contributed by atoms with E-state index in [1.165, 1.54) is 23.9 Å². The van der Waals surface area contributed by atoms with E-state index >= 15 is 0 Å². The summed E-state index contributed by atoms with van der Waals surface area (Å²) >= 11 is 3.30. The van der Waals surface area contributed by atoms with Crippen LogP contribution in [0.2, 0.25) is 0 Å². The van der Waals surface area contributed by atoms with Gasteiger partial charge in [0, 0.05) is 28.2 Å². The summed E-state index contributed by atoms with van der Waals surface area (Å²) in [7, 11) is 0. The molecule has 0 radical (unpaired) electrons. The van der Waals surface area contributed by atoms with Crippen molar-refractivity contribution >= 4 is 39.6 Å². The Bertz CT molecular complexity index is 1080. The number of phenolic OH excluding ortho intramolecular Hbond substituents is 1. The van der Waals surface area contributed by atoms with Crippen LogP contribution in [0, 0.1) is 0 Å². The standard InChI is InChI=1S/C19H17BrN6O3/c1-12(27)22-16-4-2-3-13(8-16)17-10-26(25-23-17)11-19(29)24-21-9-14-7-15(20)5-6-18(14)28/h2-10,28H,11H2,1H3,(H,22,27)(H,24,29)/b21-9+. The van der Waals surface area contributed by atoms with E-state index < -0.39 is 5.91 Å². The van der Waals surface area contributed by atoms with E-state index in [0.717, 1.165) is 10.0 Å². The quantitative estimate of drug-likeness (QED) is 0.388. The van der Waals surface area contributed by atoms with Crippen LogP contribution in [0.3, 0.4) is 0 Å². The molecular weight excluding hydrogens is 440 g/mol. The van der Waals surface area contributed by atoms with Crippen molar-refractivity contribution < 1.29 is 14.7 Å². The second-order valence-corrected chi connectivity index (χ2v) is 6.98. The summed E-state index contributed by atoms with van der Waals surface area (Å²) in [6.07, 6.45) is 2.97. The zero-order valence-corrected chi connectivity index (χ0v) is 16.9. The molecule has 10 heteroatoms. The van der Waals surface area contributed by atoms with Gasteiger partial charge in [-0.15, -0.1) is 5.10 Å². The van der Waals surface area contributed by atoms with Crippen LogP contribution in [-0.4, -0.2) is 38.1 Å². The number of hydrazone groups is 1. The molecule has 0 atom stereocenters. The van der Waals surface area contributed by atoms with E-state index in [2.05, 4.69) is 42.1 Å². The Kier molecular flexibility index (Phi) is 6.35. The number of nitrogens with zero attached hydrogens (tertiary/aromatic N) is 4. The highest BCUT2D eigenvalue weighted by molar-refractivity contribution is 9.10. The molecule has 0 saturated heterocycles. The average Bonchev–Trinajstić information content (AvgIpc) is 3.12. The summed E-state index contributed by atoms with van der Waals surface area (Å²) in [5, 5.41) is 24.3. The first kappa shape index (κ1) is 20.2. The second-order valence-electron chi connectivity index (χ2n) is 6.06. The molecular formula is C19H17BrN6O3. The number of hydrogen-bond donors (Lipinski definition) is 3. The molecule has 0 unspecified atom stereocenters. The van der Waals surface area contributed by atoms with Crippen LogP contribution in [0.25, 0.3) is 11.3 Å². The molecule has 3 N–H and O–H groups in total. The van der Waals surface area contributed by atoms with Gasteiger partial charge in [-0.1, -0.05) is 33.3 Å². The summed E-state index contributed by atoms with van der Waals surface area (Å²) in [6, 6.07) is 12.0. The molecule has 3 aromatic rings. The third-order valence-corrected chi connectivity index (χ3v) is 4.20. The maximum atomic E-state index is 12.0. The molecule has 1 aromatic heterocycles. The molecule has 1 heterocycles. The van der Waals surface area contributed by atoms with Crippen LogP contribution in [0.15, 0.2) is 58.2 Å². The maximum Gasteiger partial charge on any atom is 0.261 e. The summed E-state index contributed by atoms with van der Waals surface area (Å²) in [5.74, 6) is -0.521. The van der Waals surface area contributed by atoms with Gasteiger partial charge in [-0.2, -0.15) is 5.10 Å². The van der Waals surface area contributed by atoms with Crippen LogP contribution in [0.4, 0.5) is 5.69 Å². The first-order valence-corrected chi connectivity index (χ1v) is 9.28. The number of anilines is 1. The third kappa shape index (κ3) is 5.72. The molecule has 2 aromatic carbocycles. The Labute approximate surface area is 174 Å². The molecule has 148 valence electrons. The third-order valence-electron chi connectivity index (χ3n) is 3.71. The number of carbonyl (C=O) groups is 2. The molecule has 0 aliphatic heterocycles. The van der Waals surface area contributed by atoms with Crippen LogP contribution in [0.1, 0.15) is 12.5 Å². The van der Waals surface area contributed by atoms with E-state index in [-0.39, 0.29) is 18.2 Å². The Morgan fingerprint density at radius 3 is 2.90 bits per heavy atom. The van der Waals surface area contributed by atoms with Gasteiger partial charge in [-0.05, 0) is 30.3 Å². The Morgan fingerprint density at radius 1 is 1.28 bits per heavy atom. The summed E-state index contributed by atoms with van der Waals surface area (Å²) in [4.78, 5) is 23.2. The van der Waals surface area contributed by atoms with Crippen LogP contribution in [-0.2, 0) is 16.1 Å². The van der Waals surface area contributed by atoms with Crippen molar-refractivity contribution in [2.24, 2.45) is 5.10 Å². The molecule has 0 spiro atoms. The van der Waals surface area contributed by atoms with E-state index in [1.54, 1.807) is 36.5 Å². The number of aromatic hydroxyl groups is 1. The minimum Gasteiger partial charge on any atom is -0.507 e. The SMILES string of the molecule is CC(=O)Nc1cccc(-c2cn(CC(=O)N/N=C/c3cc(Br)ccc3O)nn2)c1. The number of hydrogen-bond acceptors (Lipinski definition) is 6. The normalized spacial score (nSPS) is 10.8. The number of benzene rings is 2. The van der Waals surface area contributed by atoms with Gasteiger partial charge in [0.2, 0.25) is 5.91 Å². The lowest BCUT2D eigenvalue weighted by Gasteiger charge is -2.03. The summed E-state index contributed by atoms with van der Waals surface area (Å²) in [5.41, 5.74) is 4.80. The lowest BCUT2D eigenvalue weighted by molar-refractivity contribution is -0.121. The molecule has 0 fully saturated rings. The van der Waals surface area contributed by atoms with Gasteiger partial charge in [0.05, 0.1) is 12.4 Å². The summed E-state index contributed by atoms with van der Waals surface area (Å²) in [6.45, 7) is 1.35. The Morgan fingerprint density at radius 2 is 2.10 bits per heavy atom. The highest BCUT2D eigenvalue weighted by atomic mass is 79.9. The first-order chi connectivity index (χ1) is 13.9. The molecule has 0 bridgehead atoms. The van der Waals surface area contributed by atoms with E-state index in [9.17, 15) is 14.7 Å². The zero-order valence-electron chi connectivity index (χ0n) is 15.3. The molecule has 29 heavy (non-hydrogen) atoms. The van der Waals surface area contributed by atoms with Crippen molar-refractivity contribution in [1.82, 2.24) is 20.4 Å². The predicted molar refractivity (Wildman–Crippen MR) is 111 cm³/mol. The minimum atomic E-state index is -0.404. The number of rotatable bonds is 6. The maximum absolute atomic E-state index is 12.0. The van der Waals surface area contributed by atoms with Crippen LogP contribution >= 0.6 is 15.9 Å². The fourth-order valence-electron chi connectivity index (χ4n) is 2.45. The molecule has 0 saturated carbocycles. The lowest BCUT2D eigenvalue weighted by Crippen LogP contribution is -2.23. The van der Waals surface area contributed by atoms with Gasteiger partial charge in [-0.25, -0.2) is 10.1 Å². The van der Waals surface area contributed by atoms with Gasteiger partial charge in [0.1, 0.15) is 18.0 Å². The number of halogens is 1. The number of phenols is 1. The highest BCUT2D eigenvalue weighted by Gasteiger charge is 2.08. The minimum absolute atomic E-state index is 0.0496. The van der Waals surface area contributed by atoms with Crippen molar-refractivity contribution in [3.8, 4) is 17.0 Å². The Hall–Kier alpha value is -3.53. The summed E-state index contributed by atoms with van der Waals surface area (Å²) < 4.78 is 2.16. The topological polar surface area (TPSA) is 122 Å². The zero-order chi connectivity index (χ0) is 20.8. The second kappa shape index (κ2) is 9.11. The number of carbonyl (C=O) groups excluding carboxylic acids is 2. The van der Waals surface area contributed by atoms with Crippen molar-refractivity contribution in [2.75, 3.05) is 5.32 Å². The number of aromatic nitrogens is 3. The van der Waals surface area contributed by atoms with Crippen LogP contribution in [0.5, 0.6) is 5.75 Å². The molecule has 0 aliphatic rings. The van der Waals surface area contributed by atoms with Crippen molar-refractivity contribution in [3.63, 3.8) is 0 Å². The van der Waals surface area contributed by atoms with Gasteiger partial charge < -0.3 is 10.4 Å². The predicted octanol–water partition coefficient (Wildman–Crippen LogP) is 2.52. The van der Waals surface area contributed by atoms with Gasteiger partial charge >= 0.3 is 0 Å². The van der Waals surface area contributed by atoms with Crippen LogP contribution < -0.4 is 10.7 Å². The van der Waals surface area contributed by atoms with Crippen molar-refractivity contribution in [2.45, 2.75) is 13.5 Å². The monoisotopic (exact) mass is 456 g/mol.